The summed E-state index contributed by atoms with van der Waals surface area (Å²) in [5, 5.41) is 3.22. The van der Waals surface area contributed by atoms with Gasteiger partial charge in [0.05, 0.1) is 0 Å². The molecule has 3 rings (SSSR count). The van der Waals surface area contributed by atoms with E-state index in [-0.39, 0.29) is 12.2 Å². The summed E-state index contributed by atoms with van der Waals surface area (Å²) in [5.41, 5.74) is 2.81. The first kappa shape index (κ1) is 23.2. The highest BCUT2D eigenvalue weighted by Gasteiger charge is 2.24. The number of benzene rings is 3. The highest BCUT2D eigenvalue weighted by molar-refractivity contribution is 6.30. The van der Waals surface area contributed by atoms with Gasteiger partial charge in [-0.15, -0.1) is 0 Å². The number of halogens is 1. The van der Waals surface area contributed by atoms with Crippen LogP contribution in [0.3, 0.4) is 0 Å². The van der Waals surface area contributed by atoms with Crippen molar-refractivity contribution < 1.29 is 19.1 Å². The van der Waals surface area contributed by atoms with Crippen molar-refractivity contribution in [1.29, 1.82) is 0 Å². The van der Waals surface area contributed by atoms with Crippen molar-refractivity contribution in [1.82, 2.24) is 5.32 Å². The zero-order valence-electron chi connectivity index (χ0n) is 17.7. The summed E-state index contributed by atoms with van der Waals surface area (Å²) in [6.07, 6.45) is 1.11. The van der Waals surface area contributed by atoms with Crippen LogP contribution in [0.1, 0.15) is 38.8 Å². The molecule has 0 saturated carbocycles. The maximum atomic E-state index is 12.8. The lowest BCUT2D eigenvalue weighted by Gasteiger charge is -2.18. The molecule has 0 unspecified atom stereocenters. The average Bonchev–Trinajstić information content (AvgIpc) is 2.83. The monoisotopic (exact) mass is 449 g/mol. The van der Waals surface area contributed by atoms with E-state index in [4.69, 9.17) is 16.3 Å². The summed E-state index contributed by atoms with van der Waals surface area (Å²) in [6.45, 7) is 1.64. The largest absolute Gasteiger partial charge is 0.456 e. The second-order valence-electron chi connectivity index (χ2n) is 7.30. The number of ether oxygens (including phenoxy) is 1. The third-order valence-electron chi connectivity index (χ3n) is 5.01. The zero-order chi connectivity index (χ0) is 22.9. The van der Waals surface area contributed by atoms with Crippen LogP contribution in [-0.2, 0) is 22.4 Å². The molecule has 0 radical (unpaired) electrons. The summed E-state index contributed by atoms with van der Waals surface area (Å²) in [7, 11) is 0. The zero-order valence-corrected chi connectivity index (χ0v) is 18.5. The van der Waals surface area contributed by atoms with E-state index in [1.54, 1.807) is 36.4 Å². The number of hydrogen-bond donors (Lipinski definition) is 1. The predicted molar refractivity (Wildman–Crippen MR) is 124 cm³/mol. The second kappa shape index (κ2) is 11.3. The van der Waals surface area contributed by atoms with Crippen molar-refractivity contribution in [2.24, 2.45) is 0 Å². The van der Waals surface area contributed by atoms with Crippen molar-refractivity contribution in [3.05, 3.63) is 106 Å². The van der Waals surface area contributed by atoms with E-state index in [1.165, 1.54) is 0 Å². The molecule has 32 heavy (non-hydrogen) atoms. The SMILES string of the molecule is CCc1ccc(C(=O)COC(=O)[C@H](Cc2ccccc2)NC(=O)c2ccc(Cl)cc2)cc1. The van der Waals surface area contributed by atoms with E-state index in [9.17, 15) is 14.4 Å². The van der Waals surface area contributed by atoms with Gasteiger partial charge in [0.2, 0.25) is 0 Å². The Hall–Kier alpha value is -3.44. The summed E-state index contributed by atoms with van der Waals surface area (Å²) < 4.78 is 5.28. The van der Waals surface area contributed by atoms with E-state index in [0.29, 0.717) is 16.1 Å². The summed E-state index contributed by atoms with van der Waals surface area (Å²) in [4.78, 5) is 37.9. The molecule has 0 aromatic heterocycles. The number of ketones is 1. The Balaban J connectivity index is 1.68. The maximum absolute atomic E-state index is 12.8. The van der Waals surface area contributed by atoms with Crippen molar-refractivity contribution in [2.45, 2.75) is 25.8 Å². The van der Waals surface area contributed by atoms with Crippen LogP contribution in [0.15, 0.2) is 78.9 Å². The van der Waals surface area contributed by atoms with Gasteiger partial charge in [-0.1, -0.05) is 73.1 Å². The molecule has 6 heteroatoms. The molecule has 5 nitrogen and oxygen atoms in total. The summed E-state index contributed by atoms with van der Waals surface area (Å²) in [6, 6.07) is 21.9. The number of carbonyl (C=O) groups is 3. The van der Waals surface area contributed by atoms with Gasteiger partial charge in [0.15, 0.2) is 12.4 Å². The number of Topliss-reactive ketones (excluding diaryl/α,β-unsaturated/α-hetero) is 1. The van der Waals surface area contributed by atoms with Crippen molar-refractivity contribution in [3.8, 4) is 0 Å². The van der Waals surface area contributed by atoms with Gasteiger partial charge < -0.3 is 10.1 Å². The van der Waals surface area contributed by atoms with Gasteiger partial charge in [-0.25, -0.2) is 4.79 Å². The van der Waals surface area contributed by atoms with Crippen LogP contribution in [-0.4, -0.2) is 30.3 Å². The molecule has 3 aromatic rings. The normalized spacial score (nSPS) is 11.4. The van der Waals surface area contributed by atoms with E-state index >= 15 is 0 Å². The lowest BCUT2D eigenvalue weighted by molar-refractivity contribution is -0.144. The molecular weight excluding hydrogens is 426 g/mol. The molecule has 0 saturated heterocycles. The Morgan fingerprint density at radius 3 is 2.09 bits per heavy atom. The van der Waals surface area contributed by atoms with Crippen LogP contribution in [0.5, 0.6) is 0 Å². The molecular formula is C26H24ClNO4. The Labute approximate surface area is 192 Å². The van der Waals surface area contributed by atoms with Crippen LogP contribution >= 0.6 is 11.6 Å². The van der Waals surface area contributed by atoms with Gasteiger partial charge in [0.1, 0.15) is 6.04 Å². The van der Waals surface area contributed by atoms with E-state index in [1.807, 2.05) is 49.4 Å². The van der Waals surface area contributed by atoms with Gasteiger partial charge in [-0.3, -0.25) is 9.59 Å². The van der Waals surface area contributed by atoms with Crippen LogP contribution in [0.25, 0.3) is 0 Å². The molecule has 164 valence electrons. The second-order valence-corrected chi connectivity index (χ2v) is 7.74. The molecule has 3 aromatic carbocycles. The molecule has 0 heterocycles. The molecule has 0 spiro atoms. The molecule has 1 amide bonds. The van der Waals surface area contributed by atoms with Crippen molar-refractivity contribution in [2.75, 3.05) is 6.61 Å². The molecule has 1 N–H and O–H groups in total. The van der Waals surface area contributed by atoms with Gasteiger partial charge in [0.25, 0.3) is 5.91 Å². The fraction of sp³-hybridized carbons (Fsp3) is 0.192. The molecule has 0 bridgehead atoms. The minimum atomic E-state index is -0.948. The first-order chi connectivity index (χ1) is 15.5. The minimum Gasteiger partial charge on any atom is -0.456 e. The number of hydrogen-bond acceptors (Lipinski definition) is 4. The minimum absolute atomic E-state index is 0.235. The average molecular weight is 450 g/mol. The lowest BCUT2D eigenvalue weighted by Crippen LogP contribution is -2.43. The predicted octanol–water partition coefficient (Wildman–Crippen LogP) is 4.67. The third kappa shape index (κ3) is 6.53. The fourth-order valence-electron chi connectivity index (χ4n) is 3.13. The van der Waals surface area contributed by atoms with Crippen molar-refractivity contribution in [3.63, 3.8) is 0 Å². The number of rotatable bonds is 9. The van der Waals surface area contributed by atoms with Gasteiger partial charge in [-0.2, -0.15) is 0 Å². The van der Waals surface area contributed by atoms with Crippen LogP contribution < -0.4 is 5.32 Å². The first-order valence-corrected chi connectivity index (χ1v) is 10.7. The van der Waals surface area contributed by atoms with Gasteiger partial charge >= 0.3 is 5.97 Å². The Kier molecular flexibility index (Phi) is 8.17. The first-order valence-electron chi connectivity index (χ1n) is 10.4. The van der Waals surface area contributed by atoms with Crippen LogP contribution in [0.2, 0.25) is 5.02 Å². The van der Waals surface area contributed by atoms with Gasteiger partial charge in [-0.05, 0) is 41.8 Å². The number of amides is 1. The highest BCUT2D eigenvalue weighted by atomic mass is 35.5. The van der Waals surface area contributed by atoms with Crippen LogP contribution in [0.4, 0.5) is 0 Å². The molecule has 0 fully saturated rings. The highest BCUT2D eigenvalue weighted by Crippen LogP contribution is 2.12. The number of esters is 1. The standard InChI is InChI=1S/C26H24ClNO4/c1-2-18-8-10-20(11-9-18)24(29)17-32-26(31)23(16-19-6-4-3-5-7-19)28-25(30)21-12-14-22(27)15-13-21/h3-15,23H,2,16-17H2,1H3,(H,28,30)/t23-/m0/s1. The van der Waals surface area contributed by atoms with Crippen molar-refractivity contribution >= 4 is 29.3 Å². The molecule has 0 aliphatic heterocycles. The maximum Gasteiger partial charge on any atom is 0.329 e. The Bertz CT molecular complexity index is 1060. The Morgan fingerprint density at radius 1 is 0.844 bits per heavy atom. The molecule has 0 aliphatic carbocycles. The van der Waals surface area contributed by atoms with E-state index < -0.39 is 24.5 Å². The number of aryl methyl sites for hydroxylation is 1. The lowest BCUT2D eigenvalue weighted by atomic mass is 10.1. The molecule has 0 aliphatic rings. The number of nitrogens with one attached hydrogen (secondary N) is 1. The number of carbonyl (C=O) groups excluding carboxylic acids is 3. The van der Waals surface area contributed by atoms with E-state index in [0.717, 1.165) is 17.5 Å². The quantitative estimate of drug-likeness (QED) is 0.380. The third-order valence-corrected chi connectivity index (χ3v) is 5.26. The smallest absolute Gasteiger partial charge is 0.329 e. The van der Waals surface area contributed by atoms with E-state index in [2.05, 4.69) is 5.32 Å². The Morgan fingerprint density at radius 2 is 1.47 bits per heavy atom. The van der Waals surface area contributed by atoms with Gasteiger partial charge in [0, 0.05) is 22.6 Å². The summed E-state index contributed by atoms with van der Waals surface area (Å²) in [5.74, 6) is -1.40. The topological polar surface area (TPSA) is 72.5 Å². The molecule has 1 atom stereocenters. The summed E-state index contributed by atoms with van der Waals surface area (Å²) >= 11 is 5.88. The fourth-order valence-corrected chi connectivity index (χ4v) is 3.26. The van der Waals surface area contributed by atoms with Crippen LogP contribution in [0, 0.1) is 0 Å².